The summed E-state index contributed by atoms with van der Waals surface area (Å²) in [6, 6.07) is 10.8. The first kappa shape index (κ1) is 18.1. The molecule has 0 spiro atoms. The normalized spacial score (nSPS) is 15.5. The Hall–Kier alpha value is -3.32. The molecule has 1 aliphatic heterocycles. The van der Waals surface area contributed by atoms with E-state index in [-0.39, 0.29) is 6.61 Å². The topological polar surface area (TPSA) is 95.9 Å². The highest BCUT2D eigenvalue weighted by Crippen LogP contribution is 2.40. The minimum Gasteiger partial charge on any atom is -0.497 e. The largest absolute Gasteiger partial charge is 0.497 e. The number of aldehydes is 1. The number of hydrogen-bond acceptors (Lipinski definition) is 6. The third-order valence-corrected chi connectivity index (χ3v) is 4.85. The number of nitrogens with zero attached hydrogens (tertiary/aromatic N) is 1. The van der Waals surface area contributed by atoms with Crippen LogP contribution in [0, 0.1) is 0 Å². The van der Waals surface area contributed by atoms with E-state index in [1.165, 1.54) is 0 Å². The standard InChI is InChI=1S/C21H21N3O4/c1-27-15-9-17-20(19(10-15)28-2)18(11-26)24-21(23-17)12-3-4-16-13(7-12)8-14(22-16)5-6-25/h3-4,7-11,18,22,25H,5-6H2,1-2H3,(H,23,24). The van der Waals surface area contributed by atoms with E-state index in [0.717, 1.165) is 34.1 Å². The number of hydrogen-bond donors (Lipinski definition) is 3. The van der Waals surface area contributed by atoms with Crippen molar-refractivity contribution >= 4 is 28.7 Å². The maximum atomic E-state index is 11.8. The van der Waals surface area contributed by atoms with E-state index in [9.17, 15) is 4.79 Å². The average molecular weight is 379 g/mol. The second kappa shape index (κ2) is 7.36. The zero-order chi connectivity index (χ0) is 19.7. The predicted octanol–water partition coefficient (Wildman–Crippen LogP) is 2.83. The van der Waals surface area contributed by atoms with Crippen LogP contribution in [0.25, 0.3) is 10.9 Å². The molecule has 1 atom stereocenters. The number of aliphatic hydroxyl groups excluding tert-OH is 1. The number of fused-ring (bicyclic) bond motifs is 2. The van der Waals surface area contributed by atoms with Crippen molar-refractivity contribution in [2.24, 2.45) is 4.99 Å². The number of anilines is 1. The second-order valence-corrected chi connectivity index (χ2v) is 6.54. The van der Waals surface area contributed by atoms with Gasteiger partial charge in [-0.05, 0) is 24.3 Å². The average Bonchev–Trinajstić information content (AvgIpc) is 3.13. The Balaban J connectivity index is 1.77. The third kappa shape index (κ3) is 3.10. The summed E-state index contributed by atoms with van der Waals surface area (Å²) in [7, 11) is 3.14. The highest BCUT2D eigenvalue weighted by atomic mass is 16.5. The van der Waals surface area contributed by atoms with E-state index in [1.54, 1.807) is 20.3 Å². The number of H-pyrrole nitrogens is 1. The number of aromatic nitrogens is 1. The second-order valence-electron chi connectivity index (χ2n) is 6.54. The first-order valence-electron chi connectivity index (χ1n) is 8.95. The van der Waals surface area contributed by atoms with Gasteiger partial charge in [0.15, 0.2) is 0 Å². The zero-order valence-corrected chi connectivity index (χ0v) is 15.7. The molecule has 0 aliphatic carbocycles. The van der Waals surface area contributed by atoms with E-state index in [1.807, 2.05) is 30.3 Å². The number of carbonyl (C=O) groups is 1. The van der Waals surface area contributed by atoms with Crippen LogP contribution in [-0.2, 0) is 11.2 Å². The Morgan fingerprint density at radius 3 is 2.75 bits per heavy atom. The number of amidine groups is 1. The lowest BCUT2D eigenvalue weighted by molar-refractivity contribution is -0.108. The molecule has 0 saturated heterocycles. The van der Waals surface area contributed by atoms with Gasteiger partial charge < -0.3 is 29.7 Å². The van der Waals surface area contributed by atoms with Crippen molar-refractivity contribution in [3.05, 3.63) is 53.2 Å². The van der Waals surface area contributed by atoms with Gasteiger partial charge in [-0.2, -0.15) is 0 Å². The van der Waals surface area contributed by atoms with Crippen molar-refractivity contribution in [2.45, 2.75) is 12.5 Å². The molecule has 3 aromatic rings. The van der Waals surface area contributed by atoms with Gasteiger partial charge in [-0.1, -0.05) is 0 Å². The first-order valence-corrected chi connectivity index (χ1v) is 8.95. The van der Waals surface area contributed by atoms with Crippen LogP contribution in [0.5, 0.6) is 11.5 Å². The van der Waals surface area contributed by atoms with Gasteiger partial charge in [-0.25, -0.2) is 0 Å². The fourth-order valence-corrected chi connectivity index (χ4v) is 3.50. The smallest absolute Gasteiger partial charge is 0.149 e. The third-order valence-electron chi connectivity index (χ3n) is 4.85. The molecule has 1 unspecified atom stereocenters. The monoisotopic (exact) mass is 379 g/mol. The van der Waals surface area contributed by atoms with Gasteiger partial charge in [0, 0.05) is 52.9 Å². The van der Waals surface area contributed by atoms with Gasteiger partial charge in [0.1, 0.15) is 29.7 Å². The van der Waals surface area contributed by atoms with E-state index in [2.05, 4.69) is 15.3 Å². The van der Waals surface area contributed by atoms with E-state index in [4.69, 9.17) is 14.6 Å². The Morgan fingerprint density at radius 2 is 2.04 bits per heavy atom. The van der Waals surface area contributed by atoms with E-state index in [0.29, 0.717) is 29.3 Å². The van der Waals surface area contributed by atoms with Crippen LogP contribution in [0.3, 0.4) is 0 Å². The van der Waals surface area contributed by atoms with E-state index < -0.39 is 6.04 Å². The number of ether oxygens (including phenoxy) is 2. The summed E-state index contributed by atoms with van der Waals surface area (Å²) in [6.07, 6.45) is 1.38. The Bertz CT molecular complexity index is 1070. The van der Waals surface area contributed by atoms with Crippen LogP contribution in [0.4, 0.5) is 5.69 Å². The minimum absolute atomic E-state index is 0.0927. The predicted molar refractivity (Wildman–Crippen MR) is 108 cm³/mol. The van der Waals surface area contributed by atoms with Crippen LogP contribution in [0.2, 0.25) is 0 Å². The molecule has 7 heteroatoms. The van der Waals surface area contributed by atoms with Crippen LogP contribution >= 0.6 is 0 Å². The summed E-state index contributed by atoms with van der Waals surface area (Å²) in [5, 5.41) is 13.5. The number of rotatable bonds is 6. The quantitative estimate of drug-likeness (QED) is 0.573. The SMILES string of the molecule is COc1cc2c(c(OC)c1)C(C=O)N=C(c1ccc3[nH]c(CCO)cc3c1)N2. The fraction of sp³-hybridized carbons (Fsp3) is 0.238. The molecule has 0 amide bonds. The number of methoxy groups -OCH3 is 2. The molecule has 7 nitrogen and oxygen atoms in total. The number of nitrogens with one attached hydrogen (secondary N) is 2. The van der Waals surface area contributed by atoms with Crippen LogP contribution < -0.4 is 14.8 Å². The van der Waals surface area contributed by atoms with Crippen molar-refractivity contribution in [3.8, 4) is 11.5 Å². The number of aliphatic imine (C=N–C) groups is 1. The maximum Gasteiger partial charge on any atom is 0.149 e. The summed E-state index contributed by atoms with van der Waals surface area (Å²) in [5.74, 6) is 1.78. The molecule has 2 heterocycles. The summed E-state index contributed by atoms with van der Waals surface area (Å²) >= 11 is 0. The van der Waals surface area contributed by atoms with Crippen molar-refractivity contribution in [2.75, 3.05) is 26.1 Å². The highest BCUT2D eigenvalue weighted by Gasteiger charge is 2.26. The Morgan fingerprint density at radius 1 is 1.18 bits per heavy atom. The summed E-state index contributed by atoms with van der Waals surface area (Å²) in [6.45, 7) is 0.0927. The molecule has 4 rings (SSSR count). The van der Waals surface area contributed by atoms with Crippen LogP contribution in [0.1, 0.15) is 22.9 Å². The Labute approximate surface area is 162 Å². The van der Waals surface area contributed by atoms with Gasteiger partial charge in [-0.15, -0.1) is 0 Å². The van der Waals surface area contributed by atoms with Crippen LogP contribution in [-0.4, -0.2) is 43.0 Å². The fourth-order valence-electron chi connectivity index (χ4n) is 3.50. The first-order chi connectivity index (χ1) is 13.7. The molecule has 0 radical (unpaired) electrons. The molecule has 0 saturated carbocycles. The van der Waals surface area contributed by atoms with Gasteiger partial charge >= 0.3 is 0 Å². The highest BCUT2D eigenvalue weighted by molar-refractivity contribution is 6.12. The Kier molecular flexibility index (Phi) is 4.75. The van der Waals surface area contributed by atoms with Crippen molar-refractivity contribution in [1.29, 1.82) is 0 Å². The zero-order valence-electron chi connectivity index (χ0n) is 15.7. The van der Waals surface area contributed by atoms with Gasteiger partial charge in [0.05, 0.1) is 19.9 Å². The number of aliphatic hydroxyl groups is 1. The van der Waals surface area contributed by atoms with Crippen LogP contribution in [0.15, 0.2) is 41.4 Å². The van der Waals surface area contributed by atoms with Crippen molar-refractivity contribution in [1.82, 2.24) is 4.98 Å². The number of benzene rings is 2. The number of carbonyl (C=O) groups excluding carboxylic acids is 1. The van der Waals surface area contributed by atoms with Gasteiger partial charge in [0.25, 0.3) is 0 Å². The number of aromatic amines is 1. The lowest BCUT2D eigenvalue weighted by Crippen LogP contribution is -2.22. The van der Waals surface area contributed by atoms with Crippen molar-refractivity contribution in [3.63, 3.8) is 0 Å². The molecular formula is C21H21N3O4. The maximum absolute atomic E-state index is 11.8. The summed E-state index contributed by atoms with van der Waals surface area (Å²) in [5.41, 5.74) is 4.24. The summed E-state index contributed by atoms with van der Waals surface area (Å²) in [4.78, 5) is 19.6. The molecule has 1 aliphatic rings. The molecular weight excluding hydrogens is 358 g/mol. The van der Waals surface area contributed by atoms with E-state index >= 15 is 0 Å². The molecule has 28 heavy (non-hydrogen) atoms. The lowest BCUT2D eigenvalue weighted by Gasteiger charge is -2.25. The van der Waals surface area contributed by atoms with Gasteiger partial charge in [0.2, 0.25) is 0 Å². The lowest BCUT2D eigenvalue weighted by atomic mass is 10.0. The summed E-state index contributed by atoms with van der Waals surface area (Å²) < 4.78 is 10.8. The molecule has 0 fully saturated rings. The van der Waals surface area contributed by atoms with Crippen molar-refractivity contribution < 1.29 is 19.4 Å². The molecule has 2 aromatic carbocycles. The molecule has 0 bridgehead atoms. The van der Waals surface area contributed by atoms with Gasteiger partial charge in [-0.3, -0.25) is 4.99 Å². The molecule has 144 valence electrons. The molecule has 1 aromatic heterocycles. The molecule has 3 N–H and O–H groups in total. The minimum atomic E-state index is -0.668.